The molecule has 1 heterocycles. The van der Waals surface area contributed by atoms with E-state index in [4.69, 9.17) is 4.74 Å². The number of rotatable bonds is 8. The van der Waals surface area contributed by atoms with Crippen molar-refractivity contribution in [2.24, 2.45) is 0 Å². The van der Waals surface area contributed by atoms with E-state index in [-0.39, 0.29) is 5.60 Å². The van der Waals surface area contributed by atoms with Crippen molar-refractivity contribution in [1.29, 1.82) is 0 Å². The number of hydrogen-bond donors (Lipinski definition) is 0. The van der Waals surface area contributed by atoms with Gasteiger partial charge < -0.3 is 4.74 Å². The molecule has 0 aliphatic carbocycles. The van der Waals surface area contributed by atoms with Crippen LogP contribution in [0.3, 0.4) is 0 Å². The fraction of sp³-hybridized carbons (Fsp3) is 0.625. The van der Waals surface area contributed by atoms with E-state index in [0.29, 0.717) is 6.10 Å². The first kappa shape index (κ1) is 14.0. The van der Waals surface area contributed by atoms with Crippen molar-refractivity contribution in [2.75, 3.05) is 5.75 Å². The number of epoxide rings is 1. The highest BCUT2D eigenvalue weighted by Gasteiger charge is 2.51. The molecule has 0 N–H and O–H groups in total. The summed E-state index contributed by atoms with van der Waals surface area (Å²) < 4.78 is 5.89. The highest BCUT2D eigenvalue weighted by Crippen LogP contribution is 2.43. The third kappa shape index (κ3) is 4.03. The van der Waals surface area contributed by atoms with Gasteiger partial charge in [0.2, 0.25) is 0 Å². The van der Waals surface area contributed by atoms with Gasteiger partial charge in [0.15, 0.2) is 0 Å². The topological polar surface area (TPSA) is 12.5 Å². The molecule has 0 bridgehead atoms. The number of hydrogen-bond acceptors (Lipinski definition) is 2. The van der Waals surface area contributed by atoms with Crippen molar-refractivity contribution in [3.05, 3.63) is 30.3 Å². The molecule has 0 aromatic heterocycles. The van der Waals surface area contributed by atoms with Gasteiger partial charge in [-0.05, 0) is 25.5 Å². The average Bonchev–Trinajstić information content (AvgIpc) is 3.05. The fourth-order valence-electron chi connectivity index (χ4n) is 2.28. The summed E-state index contributed by atoms with van der Waals surface area (Å²) in [5, 5.41) is 0. The van der Waals surface area contributed by atoms with Crippen LogP contribution in [0.25, 0.3) is 0 Å². The van der Waals surface area contributed by atoms with Crippen LogP contribution in [0, 0.1) is 0 Å². The fourth-order valence-corrected chi connectivity index (χ4v) is 3.34. The van der Waals surface area contributed by atoms with Gasteiger partial charge in [-0.3, -0.25) is 0 Å². The molecule has 0 saturated carbocycles. The molecule has 1 aliphatic heterocycles. The van der Waals surface area contributed by atoms with Gasteiger partial charge in [0.1, 0.15) is 5.60 Å². The van der Waals surface area contributed by atoms with E-state index in [0.717, 1.165) is 5.75 Å². The Bertz CT molecular complexity index is 351. The van der Waals surface area contributed by atoms with Crippen LogP contribution < -0.4 is 0 Å². The normalized spacial score (nSPS) is 26.2. The minimum absolute atomic E-state index is 0.132. The molecule has 1 saturated heterocycles. The predicted octanol–water partition coefficient (Wildman–Crippen LogP) is 4.91. The van der Waals surface area contributed by atoms with Crippen molar-refractivity contribution in [3.8, 4) is 0 Å². The first-order valence-electron chi connectivity index (χ1n) is 7.10. The molecule has 1 fully saturated rings. The summed E-state index contributed by atoms with van der Waals surface area (Å²) in [4.78, 5) is 1.35. The zero-order valence-corrected chi connectivity index (χ0v) is 12.3. The summed E-state index contributed by atoms with van der Waals surface area (Å²) in [6.45, 7) is 4.52. The number of ether oxygens (including phenoxy) is 1. The third-order valence-corrected chi connectivity index (χ3v) is 4.95. The lowest BCUT2D eigenvalue weighted by molar-refractivity contribution is 0.321. The summed E-state index contributed by atoms with van der Waals surface area (Å²) in [5.41, 5.74) is 0.132. The van der Waals surface area contributed by atoms with Crippen molar-refractivity contribution in [2.45, 2.75) is 62.6 Å². The molecule has 2 rings (SSSR count). The largest absolute Gasteiger partial charge is 0.365 e. The standard InChI is InChI=1S/C16H24OS/c1-3-4-5-9-12-15-16(2,17-15)13-18-14-10-7-6-8-11-14/h6-8,10-11,15H,3-5,9,12-13H2,1-2H3/t15-,16+/m1/s1. The van der Waals surface area contributed by atoms with E-state index in [1.165, 1.54) is 37.0 Å². The van der Waals surface area contributed by atoms with Crippen molar-refractivity contribution in [3.63, 3.8) is 0 Å². The number of benzene rings is 1. The molecule has 0 amide bonds. The Balaban J connectivity index is 1.65. The van der Waals surface area contributed by atoms with E-state index >= 15 is 0 Å². The molecule has 1 aliphatic rings. The molecule has 18 heavy (non-hydrogen) atoms. The molecule has 1 nitrogen and oxygen atoms in total. The summed E-state index contributed by atoms with van der Waals surface area (Å²) in [6.07, 6.45) is 7.11. The van der Waals surface area contributed by atoms with Crippen LogP contribution >= 0.6 is 11.8 Å². The highest BCUT2D eigenvalue weighted by atomic mass is 32.2. The van der Waals surface area contributed by atoms with Crippen LogP contribution in [0.2, 0.25) is 0 Å². The lowest BCUT2D eigenvalue weighted by atomic mass is 10.0. The minimum atomic E-state index is 0.132. The van der Waals surface area contributed by atoms with Crippen LogP contribution in [0.4, 0.5) is 0 Å². The first-order chi connectivity index (χ1) is 8.74. The third-order valence-electron chi connectivity index (χ3n) is 3.62. The molecule has 2 atom stereocenters. The monoisotopic (exact) mass is 264 g/mol. The van der Waals surface area contributed by atoms with Crippen LogP contribution in [-0.4, -0.2) is 17.5 Å². The highest BCUT2D eigenvalue weighted by molar-refractivity contribution is 7.99. The van der Waals surface area contributed by atoms with Crippen molar-refractivity contribution < 1.29 is 4.74 Å². The lowest BCUT2D eigenvalue weighted by Crippen LogP contribution is -2.13. The molecule has 1 aromatic carbocycles. The zero-order chi connectivity index (χ0) is 12.8. The summed E-state index contributed by atoms with van der Waals surface area (Å²) in [6, 6.07) is 10.6. The van der Waals surface area contributed by atoms with E-state index < -0.39 is 0 Å². The Hall–Kier alpha value is -0.470. The zero-order valence-electron chi connectivity index (χ0n) is 11.5. The lowest BCUT2D eigenvalue weighted by Gasteiger charge is -2.06. The van der Waals surface area contributed by atoms with Gasteiger partial charge in [-0.2, -0.15) is 0 Å². The Morgan fingerprint density at radius 1 is 1.17 bits per heavy atom. The van der Waals surface area contributed by atoms with Crippen LogP contribution in [0.15, 0.2) is 35.2 Å². The second kappa shape index (κ2) is 6.63. The van der Waals surface area contributed by atoms with E-state index in [9.17, 15) is 0 Å². The van der Waals surface area contributed by atoms with Crippen LogP contribution in [0.1, 0.15) is 46.0 Å². The maximum Gasteiger partial charge on any atom is 0.101 e. The average molecular weight is 264 g/mol. The molecule has 1 aromatic rings. The molecular formula is C16H24OS. The van der Waals surface area contributed by atoms with Gasteiger partial charge in [0.05, 0.1) is 6.10 Å². The molecule has 100 valence electrons. The Labute approximate surface area is 115 Å². The Morgan fingerprint density at radius 3 is 2.67 bits per heavy atom. The van der Waals surface area contributed by atoms with Crippen LogP contribution in [-0.2, 0) is 4.74 Å². The smallest absolute Gasteiger partial charge is 0.101 e. The molecular weight excluding hydrogens is 240 g/mol. The molecule has 0 radical (unpaired) electrons. The van der Waals surface area contributed by atoms with E-state index in [1.54, 1.807) is 0 Å². The quantitative estimate of drug-likeness (QED) is 0.376. The van der Waals surface area contributed by atoms with E-state index in [2.05, 4.69) is 44.2 Å². The minimum Gasteiger partial charge on any atom is -0.365 e. The molecule has 0 unspecified atom stereocenters. The van der Waals surface area contributed by atoms with Gasteiger partial charge in [0.25, 0.3) is 0 Å². The molecule has 0 spiro atoms. The Morgan fingerprint density at radius 2 is 1.94 bits per heavy atom. The van der Waals surface area contributed by atoms with Crippen molar-refractivity contribution >= 4 is 11.8 Å². The van der Waals surface area contributed by atoms with Gasteiger partial charge in [-0.25, -0.2) is 0 Å². The summed E-state index contributed by atoms with van der Waals surface area (Å²) in [7, 11) is 0. The number of unbranched alkanes of at least 4 members (excludes halogenated alkanes) is 3. The van der Waals surface area contributed by atoms with Gasteiger partial charge >= 0.3 is 0 Å². The second-order valence-corrected chi connectivity index (χ2v) is 6.42. The van der Waals surface area contributed by atoms with Gasteiger partial charge in [-0.1, -0.05) is 50.8 Å². The molecule has 2 heteroatoms. The predicted molar refractivity (Wildman–Crippen MR) is 79.2 cm³/mol. The maximum atomic E-state index is 5.89. The Kier molecular flexibility index (Phi) is 5.13. The van der Waals surface area contributed by atoms with E-state index in [1.807, 2.05) is 11.8 Å². The summed E-state index contributed by atoms with van der Waals surface area (Å²) in [5.74, 6) is 1.08. The van der Waals surface area contributed by atoms with Crippen molar-refractivity contribution in [1.82, 2.24) is 0 Å². The second-order valence-electron chi connectivity index (χ2n) is 5.37. The maximum absolute atomic E-state index is 5.89. The van der Waals surface area contributed by atoms with Crippen LogP contribution in [0.5, 0.6) is 0 Å². The van der Waals surface area contributed by atoms with Gasteiger partial charge in [0, 0.05) is 10.6 Å². The first-order valence-corrected chi connectivity index (χ1v) is 8.09. The summed E-state index contributed by atoms with van der Waals surface area (Å²) >= 11 is 1.91. The SMILES string of the molecule is CCCCCC[C@H]1O[C@@]1(C)CSc1ccccc1. The number of thioether (sulfide) groups is 1. The van der Waals surface area contributed by atoms with Gasteiger partial charge in [-0.15, -0.1) is 11.8 Å².